The lowest BCUT2D eigenvalue weighted by atomic mass is 9.91. The maximum atomic E-state index is 14.2. The summed E-state index contributed by atoms with van der Waals surface area (Å²) in [7, 11) is 0. The highest BCUT2D eigenvalue weighted by atomic mass is 19.1. The van der Waals surface area contributed by atoms with E-state index >= 15 is 0 Å². The molecule has 4 heterocycles. The first-order valence-corrected chi connectivity index (χ1v) is 16.1. The standard InChI is InChI=1S/C35H50FN5O4/c1-24-18-38(28(19-39-13-14-44-23-35(39,7)8)20-40(24)32(43)45-33(2,3)4)21-30(42)41-22-34(5,6)31-29(41)16-26(17-37-31)15-25-9-11-27(36)12-10-25/h9-12,16-17,24,28H,13-15,18-23H2,1-8H3/t24-,28+/m1/s1. The molecule has 0 unspecified atom stereocenters. The highest BCUT2D eigenvalue weighted by Gasteiger charge is 2.43. The first-order valence-electron chi connectivity index (χ1n) is 16.1. The molecule has 2 saturated heterocycles. The number of nitrogens with zero attached hydrogens (tertiary/aromatic N) is 5. The van der Waals surface area contributed by atoms with Crippen molar-refractivity contribution in [3.8, 4) is 0 Å². The number of morpholine rings is 1. The van der Waals surface area contributed by atoms with Crippen molar-refractivity contribution in [3.05, 3.63) is 59.2 Å². The Labute approximate surface area is 267 Å². The van der Waals surface area contributed by atoms with Crippen molar-refractivity contribution in [1.82, 2.24) is 19.7 Å². The molecule has 0 aliphatic carbocycles. The molecule has 5 rings (SSSR count). The maximum absolute atomic E-state index is 14.2. The molecule has 2 aromatic rings. The van der Waals surface area contributed by atoms with E-state index in [9.17, 15) is 14.0 Å². The van der Waals surface area contributed by atoms with Crippen LogP contribution in [0.15, 0.2) is 36.5 Å². The van der Waals surface area contributed by atoms with Gasteiger partial charge in [0.1, 0.15) is 11.4 Å². The van der Waals surface area contributed by atoms with Crippen LogP contribution in [0.1, 0.15) is 72.2 Å². The van der Waals surface area contributed by atoms with Gasteiger partial charge in [-0.2, -0.15) is 0 Å². The molecule has 0 bridgehead atoms. The second kappa shape index (κ2) is 12.6. The van der Waals surface area contributed by atoms with Crippen LogP contribution < -0.4 is 4.90 Å². The van der Waals surface area contributed by atoms with E-state index in [0.29, 0.717) is 45.8 Å². The molecule has 2 atom stereocenters. The molecule has 0 radical (unpaired) electrons. The fourth-order valence-electron chi connectivity index (χ4n) is 6.73. The molecule has 0 spiro atoms. The van der Waals surface area contributed by atoms with Gasteiger partial charge in [0.15, 0.2) is 0 Å². The Bertz CT molecular complexity index is 1390. The second-order valence-corrected chi connectivity index (χ2v) is 15.3. The summed E-state index contributed by atoms with van der Waals surface area (Å²) in [6.07, 6.45) is 2.15. The van der Waals surface area contributed by atoms with Crippen molar-refractivity contribution >= 4 is 17.7 Å². The van der Waals surface area contributed by atoms with Gasteiger partial charge in [0.05, 0.1) is 31.1 Å². The number of fused-ring (bicyclic) bond motifs is 1. The van der Waals surface area contributed by atoms with E-state index in [2.05, 4.69) is 43.6 Å². The molecule has 1 aromatic carbocycles. The number of rotatable bonds is 6. The first kappa shape index (κ1) is 33.3. The third-order valence-electron chi connectivity index (χ3n) is 9.20. The van der Waals surface area contributed by atoms with E-state index in [1.807, 2.05) is 43.7 Å². The number of benzene rings is 1. The van der Waals surface area contributed by atoms with E-state index < -0.39 is 5.60 Å². The number of ether oxygens (including phenoxy) is 2. The lowest BCUT2D eigenvalue weighted by Crippen LogP contribution is -2.65. The van der Waals surface area contributed by atoms with Crippen molar-refractivity contribution in [3.63, 3.8) is 0 Å². The summed E-state index contributed by atoms with van der Waals surface area (Å²) in [6.45, 7) is 20.9. The molecule has 0 saturated carbocycles. The zero-order valence-corrected chi connectivity index (χ0v) is 28.2. The normalized spacial score (nSPS) is 23.6. The number of piperazine rings is 1. The number of halogens is 1. The van der Waals surface area contributed by atoms with Gasteiger partial charge in [-0.1, -0.05) is 26.0 Å². The van der Waals surface area contributed by atoms with Gasteiger partial charge >= 0.3 is 6.09 Å². The SMILES string of the molecule is C[C@@H]1CN(CC(=O)N2CC(C)(C)c3ncc(Cc4ccc(F)cc4)cc32)[C@@H](CN2CCOCC2(C)C)CN1C(=O)OC(C)(C)C. The van der Waals surface area contributed by atoms with E-state index in [1.54, 1.807) is 12.1 Å². The molecule has 45 heavy (non-hydrogen) atoms. The van der Waals surface area contributed by atoms with Crippen molar-refractivity contribution in [2.45, 2.75) is 90.4 Å². The Hall–Kier alpha value is -3.08. The van der Waals surface area contributed by atoms with Gasteiger partial charge in [-0.15, -0.1) is 0 Å². The minimum absolute atomic E-state index is 0.0201. The topological polar surface area (TPSA) is 78.5 Å². The van der Waals surface area contributed by atoms with Crippen LogP contribution in [0.25, 0.3) is 0 Å². The van der Waals surface area contributed by atoms with Gasteiger partial charge in [0.2, 0.25) is 5.91 Å². The lowest BCUT2D eigenvalue weighted by Gasteiger charge is -2.49. The number of aromatic nitrogens is 1. The molecule has 10 heteroatoms. The van der Waals surface area contributed by atoms with Gasteiger partial charge in [-0.25, -0.2) is 9.18 Å². The van der Waals surface area contributed by atoms with E-state index in [0.717, 1.165) is 29.1 Å². The highest BCUT2D eigenvalue weighted by Crippen LogP contribution is 2.40. The fourth-order valence-corrected chi connectivity index (χ4v) is 6.73. The van der Waals surface area contributed by atoms with Crippen molar-refractivity contribution in [2.75, 3.05) is 57.4 Å². The summed E-state index contributed by atoms with van der Waals surface area (Å²) in [5.74, 6) is -0.243. The molecule has 0 N–H and O–H groups in total. The first-order chi connectivity index (χ1) is 21.0. The predicted molar refractivity (Wildman–Crippen MR) is 173 cm³/mol. The number of pyridine rings is 1. The number of hydrogen-bond donors (Lipinski definition) is 0. The van der Waals surface area contributed by atoms with Gasteiger partial charge in [-0.3, -0.25) is 19.6 Å². The highest BCUT2D eigenvalue weighted by molar-refractivity contribution is 5.97. The summed E-state index contributed by atoms with van der Waals surface area (Å²) in [4.78, 5) is 40.7. The molecule has 246 valence electrons. The van der Waals surface area contributed by atoms with Crippen molar-refractivity contribution in [1.29, 1.82) is 0 Å². The molecular weight excluding hydrogens is 573 g/mol. The average molecular weight is 624 g/mol. The largest absolute Gasteiger partial charge is 0.444 e. The zero-order valence-electron chi connectivity index (χ0n) is 28.2. The smallest absolute Gasteiger partial charge is 0.410 e. The third kappa shape index (κ3) is 7.67. The van der Waals surface area contributed by atoms with Gasteiger partial charge in [0.25, 0.3) is 0 Å². The molecule has 2 amide bonds. The minimum Gasteiger partial charge on any atom is -0.444 e. The van der Waals surface area contributed by atoms with E-state index in [4.69, 9.17) is 14.5 Å². The molecule has 3 aliphatic heterocycles. The quantitative estimate of drug-likeness (QED) is 0.455. The van der Waals surface area contributed by atoms with Gasteiger partial charge < -0.3 is 19.3 Å². The summed E-state index contributed by atoms with van der Waals surface area (Å²) in [6, 6.07) is 8.38. The van der Waals surface area contributed by atoms with Crippen LogP contribution in [0.3, 0.4) is 0 Å². The third-order valence-corrected chi connectivity index (χ3v) is 9.20. The molecule has 2 fully saturated rings. The van der Waals surface area contributed by atoms with Crippen LogP contribution in [0.5, 0.6) is 0 Å². The zero-order chi connectivity index (χ0) is 32.7. The van der Waals surface area contributed by atoms with Crippen LogP contribution in [0.2, 0.25) is 0 Å². The summed E-state index contributed by atoms with van der Waals surface area (Å²) in [5, 5.41) is 0. The molecule has 3 aliphatic rings. The Morgan fingerprint density at radius 1 is 1.09 bits per heavy atom. The van der Waals surface area contributed by atoms with Crippen LogP contribution in [0, 0.1) is 5.82 Å². The van der Waals surface area contributed by atoms with Crippen LogP contribution in [-0.4, -0.2) is 107 Å². The Morgan fingerprint density at radius 2 is 1.80 bits per heavy atom. The minimum atomic E-state index is -0.592. The predicted octanol–water partition coefficient (Wildman–Crippen LogP) is 4.86. The number of carbonyl (C=O) groups excluding carboxylic acids is 2. The van der Waals surface area contributed by atoms with E-state index in [1.165, 1.54) is 12.1 Å². The van der Waals surface area contributed by atoms with Crippen LogP contribution >= 0.6 is 0 Å². The number of anilines is 1. The van der Waals surface area contributed by atoms with Crippen molar-refractivity contribution in [2.24, 2.45) is 0 Å². The Kier molecular flexibility index (Phi) is 9.33. The van der Waals surface area contributed by atoms with Crippen LogP contribution in [0.4, 0.5) is 14.9 Å². The second-order valence-electron chi connectivity index (χ2n) is 15.3. The Balaban J connectivity index is 1.37. The fraction of sp³-hybridized carbons (Fsp3) is 0.629. The number of hydrogen-bond acceptors (Lipinski definition) is 7. The van der Waals surface area contributed by atoms with Crippen LogP contribution in [-0.2, 0) is 26.1 Å². The maximum Gasteiger partial charge on any atom is 0.410 e. The average Bonchev–Trinajstić information content (AvgIpc) is 3.21. The Morgan fingerprint density at radius 3 is 2.47 bits per heavy atom. The van der Waals surface area contributed by atoms with Gasteiger partial charge in [0, 0.05) is 62.0 Å². The monoisotopic (exact) mass is 623 g/mol. The summed E-state index contributed by atoms with van der Waals surface area (Å²) in [5.41, 5.74) is 2.68. The summed E-state index contributed by atoms with van der Waals surface area (Å²) < 4.78 is 25.0. The van der Waals surface area contributed by atoms with E-state index in [-0.39, 0.29) is 47.4 Å². The van der Waals surface area contributed by atoms with Gasteiger partial charge in [-0.05, 0) is 77.3 Å². The number of carbonyl (C=O) groups is 2. The lowest BCUT2D eigenvalue weighted by molar-refractivity contribution is -0.122. The summed E-state index contributed by atoms with van der Waals surface area (Å²) >= 11 is 0. The number of amides is 2. The molecular formula is C35H50FN5O4. The van der Waals surface area contributed by atoms with Crippen molar-refractivity contribution < 1.29 is 23.5 Å². The molecule has 9 nitrogen and oxygen atoms in total. The molecule has 1 aromatic heterocycles.